The van der Waals surface area contributed by atoms with Crippen molar-refractivity contribution in [3.8, 4) is 0 Å². The predicted octanol–water partition coefficient (Wildman–Crippen LogP) is 4.88. The van der Waals surface area contributed by atoms with Gasteiger partial charge in [-0.2, -0.15) is 0 Å². The summed E-state index contributed by atoms with van der Waals surface area (Å²) in [5, 5.41) is 0. The molecule has 0 aromatic heterocycles. The predicted molar refractivity (Wildman–Crippen MR) is 94.7 cm³/mol. The van der Waals surface area contributed by atoms with Crippen molar-refractivity contribution in [3.05, 3.63) is 35.6 Å². The highest BCUT2D eigenvalue weighted by Crippen LogP contribution is 2.40. The molecule has 0 N–H and O–H groups in total. The Morgan fingerprint density at radius 3 is 2.16 bits per heavy atom. The van der Waals surface area contributed by atoms with Gasteiger partial charge in [-0.05, 0) is 56.2 Å². The zero-order valence-electron chi connectivity index (χ0n) is 15.9. The molecule has 1 aliphatic heterocycles. The Balaban J connectivity index is 2.30. The SMILES string of the molecule is CC(C)(C)OC(=O)N1C(=O)C[C@H](c2ccc(F)cc2)C[C@@H]1C(C)(C)C. The minimum Gasteiger partial charge on any atom is -0.443 e. The molecule has 2 rings (SSSR count). The van der Waals surface area contributed by atoms with Crippen LogP contribution in [-0.2, 0) is 9.53 Å². The normalized spacial score (nSPS) is 22.0. The highest BCUT2D eigenvalue weighted by molar-refractivity contribution is 5.93. The van der Waals surface area contributed by atoms with E-state index in [0.29, 0.717) is 6.42 Å². The number of imide groups is 1. The molecule has 0 unspecified atom stereocenters. The summed E-state index contributed by atoms with van der Waals surface area (Å²) in [5.74, 6) is -0.570. The number of amides is 2. The molecular formula is C20H28FNO3. The summed E-state index contributed by atoms with van der Waals surface area (Å²) in [5.41, 5.74) is -0.0216. The van der Waals surface area contributed by atoms with Gasteiger partial charge in [0, 0.05) is 12.5 Å². The third-order valence-electron chi connectivity index (χ3n) is 4.44. The molecule has 0 saturated carbocycles. The Morgan fingerprint density at radius 2 is 1.68 bits per heavy atom. The lowest BCUT2D eigenvalue weighted by Gasteiger charge is -2.44. The van der Waals surface area contributed by atoms with Crippen molar-refractivity contribution in [1.29, 1.82) is 0 Å². The van der Waals surface area contributed by atoms with Gasteiger partial charge in [-0.1, -0.05) is 32.9 Å². The van der Waals surface area contributed by atoms with Gasteiger partial charge < -0.3 is 4.74 Å². The topological polar surface area (TPSA) is 46.6 Å². The van der Waals surface area contributed by atoms with Gasteiger partial charge in [0.2, 0.25) is 5.91 Å². The minimum atomic E-state index is -0.659. The van der Waals surface area contributed by atoms with E-state index in [1.807, 2.05) is 20.8 Å². The van der Waals surface area contributed by atoms with E-state index in [9.17, 15) is 14.0 Å². The van der Waals surface area contributed by atoms with Crippen LogP contribution in [0, 0.1) is 11.2 Å². The van der Waals surface area contributed by atoms with Crippen LogP contribution in [0.5, 0.6) is 0 Å². The summed E-state index contributed by atoms with van der Waals surface area (Å²) in [7, 11) is 0. The van der Waals surface area contributed by atoms with Crippen LogP contribution in [0.3, 0.4) is 0 Å². The van der Waals surface area contributed by atoms with Crippen LogP contribution < -0.4 is 0 Å². The third-order valence-corrected chi connectivity index (χ3v) is 4.44. The fourth-order valence-electron chi connectivity index (χ4n) is 3.21. The van der Waals surface area contributed by atoms with E-state index in [2.05, 4.69) is 0 Å². The molecule has 1 aromatic rings. The summed E-state index contributed by atoms with van der Waals surface area (Å²) < 4.78 is 18.6. The monoisotopic (exact) mass is 349 g/mol. The lowest BCUT2D eigenvalue weighted by molar-refractivity contribution is -0.138. The zero-order valence-corrected chi connectivity index (χ0v) is 15.9. The van der Waals surface area contributed by atoms with Crippen LogP contribution >= 0.6 is 0 Å². The molecule has 2 amide bonds. The summed E-state index contributed by atoms with van der Waals surface area (Å²) in [6.45, 7) is 11.4. The van der Waals surface area contributed by atoms with Gasteiger partial charge in [0.05, 0.1) is 0 Å². The van der Waals surface area contributed by atoms with Crippen molar-refractivity contribution in [2.75, 3.05) is 0 Å². The number of benzene rings is 1. The molecule has 1 saturated heterocycles. The first-order valence-electron chi connectivity index (χ1n) is 8.69. The fourth-order valence-corrected chi connectivity index (χ4v) is 3.21. The number of hydrogen-bond donors (Lipinski definition) is 0. The van der Waals surface area contributed by atoms with Crippen molar-refractivity contribution in [3.63, 3.8) is 0 Å². The number of carbonyl (C=O) groups excluding carboxylic acids is 2. The van der Waals surface area contributed by atoms with Crippen molar-refractivity contribution >= 4 is 12.0 Å². The highest BCUT2D eigenvalue weighted by Gasteiger charge is 2.45. The van der Waals surface area contributed by atoms with Gasteiger partial charge in [-0.3, -0.25) is 4.79 Å². The van der Waals surface area contributed by atoms with E-state index in [1.165, 1.54) is 17.0 Å². The second-order valence-corrected chi connectivity index (χ2v) is 8.81. The van der Waals surface area contributed by atoms with Crippen molar-refractivity contribution in [2.24, 2.45) is 5.41 Å². The van der Waals surface area contributed by atoms with Crippen molar-refractivity contribution in [2.45, 2.75) is 71.9 Å². The Kier molecular flexibility index (Phi) is 5.26. The number of nitrogens with zero attached hydrogens (tertiary/aromatic N) is 1. The van der Waals surface area contributed by atoms with E-state index in [-0.39, 0.29) is 35.5 Å². The number of piperidine rings is 1. The molecule has 1 heterocycles. The van der Waals surface area contributed by atoms with Crippen molar-refractivity contribution < 1.29 is 18.7 Å². The first-order valence-corrected chi connectivity index (χ1v) is 8.69. The third kappa shape index (κ3) is 4.80. The molecule has 0 spiro atoms. The van der Waals surface area contributed by atoms with Crippen LogP contribution in [-0.4, -0.2) is 28.5 Å². The summed E-state index contributed by atoms with van der Waals surface area (Å²) in [6.07, 6.45) is 0.271. The quantitative estimate of drug-likeness (QED) is 0.726. The number of hydrogen-bond acceptors (Lipinski definition) is 3. The molecule has 5 heteroatoms. The van der Waals surface area contributed by atoms with Crippen LogP contribution in [0.25, 0.3) is 0 Å². The maximum absolute atomic E-state index is 13.2. The van der Waals surface area contributed by atoms with Gasteiger partial charge in [-0.15, -0.1) is 0 Å². The number of carbonyl (C=O) groups is 2. The average molecular weight is 349 g/mol. The van der Waals surface area contributed by atoms with E-state index in [0.717, 1.165) is 5.56 Å². The average Bonchev–Trinajstić information content (AvgIpc) is 2.44. The lowest BCUT2D eigenvalue weighted by Crippen LogP contribution is -2.55. The Morgan fingerprint density at radius 1 is 1.12 bits per heavy atom. The van der Waals surface area contributed by atoms with Gasteiger partial charge in [0.25, 0.3) is 0 Å². The molecule has 0 aliphatic carbocycles. The van der Waals surface area contributed by atoms with Crippen LogP contribution in [0.4, 0.5) is 9.18 Å². The number of rotatable bonds is 1. The van der Waals surface area contributed by atoms with E-state index in [1.54, 1.807) is 32.9 Å². The Labute approximate surface area is 149 Å². The molecule has 2 atom stereocenters. The van der Waals surface area contributed by atoms with E-state index in [4.69, 9.17) is 4.74 Å². The Hall–Kier alpha value is -1.91. The Bertz CT molecular complexity index is 640. The maximum Gasteiger partial charge on any atom is 0.417 e. The van der Waals surface area contributed by atoms with E-state index >= 15 is 0 Å². The maximum atomic E-state index is 13.2. The standard InChI is InChI=1S/C20H28FNO3/c1-19(2,3)16-11-14(13-7-9-15(21)10-8-13)12-17(23)22(16)18(24)25-20(4,5)6/h7-10,14,16H,11-12H2,1-6H3/t14-,16-/m1/s1. The first kappa shape index (κ1) is 19.4. The second-order valence-electron chi connectivity index (χ2n) is 8.81. The summed E-state index contributed by atoms with van der Waals surface area (Å²) in [4.78, 5) is 26.7. The van der Waals surface area contributed by atoms with Gasteiger partial charge in [0.1, 0.15) is 11.4 Å². The second kappa shape index (κ2) is 6.77. The molecule has 1 aromatic carbocycles. The van der Waals surface area contributed by atoms with Crippen LogP contribution in [0.2, 0.25) is 0 Å². The molecule has 138 valence electrons. The first-order chi connectivity index (χ1) is 11.4. The van der Waals surface area contributed by atoms with Crippen molar-refractivity contribution in [1.82, 2.24) is 4.90 Å². The largest absolute Gasteiger partial charge is 0.443 e. The molecule has 25 heavy (non-hydrogen) atoms. The minimum absolute atomic E-state index is 0.0315. The molecule has 1 aliphatic rings. The van der Waals surface area contributed by atoms with Gasteiger partial charge >= 0.3 is 6.09 Å². The molecule has 1 fully saturated rings. The van der Waals surface area contributed by atoms with Gasteiger partial charge in [0.15, 0.2) is 0 Å². The van der Waals surface area contributed by atoms with Crippen LogP contribution in [0.15, 0.2) is 24.3 Å². The number of likely N-dealkylation sites (tertiary alicyclic amines) is 1. The fraction of sp³-hybridized carbons (Fsp3) is 0.600. The molecule has 4 nitrogen and oxygen atoms in total. The summed E-state index contributed by atoms with van der Waals surface area (Å²) in [6, 6.07) is 5.98. The van der Waals surface area contributed by atoms with Crippen LogP contribution in [0.1, 0.15) is 65.9 Å². The van der Waals surface area contributed by atoms with E-state index < -0.39 is 11.7 Å². The molecule has 0 bridgehead atoms. The lowest BCUT2D eigenvalue weighted by atomic mass is 9.75. The zero-order chi connectivity index (χ0) is 19.0. The molecule has 0 radical (unpaired) electrons. The molecular weight excluding hydrogens is 321 g/mol. The summed E-state index contributed by atoms with van der Waals surface area (Å²) >= 11 is 0. The number of ether oxygens (including phenoxy) is 1. The highest BCUT2D eigenvalue weighted by atomic mass is 19.1. The smallest absolute Gasteiger partial charge is 0.417 e. The van der Waals surface area contributed by atoms with Gasteiger partial charge in [-0.25, -0.2) is 14.1 Å². The number of halogens is 1.